The normalized spacial score (nSPS) is 14.8. The molecule has 2 heterocycles. The summed E-state index contributed by atoms with van der Waals surface area (Å²) in [6, 6.07) is 5.75. The van der Waals surface area contributed by atoms with Gasteiger partial charge in [-0.3, -0.25) is 9.56 Å². The van der Waals surface area contributed by atoms with Crippen LogP contribution in [0.3, 0.4) is 0 Å². The number of benzene rings is 1. The van der Waals surface area contributed by atoms with Crippen molar-refractivity contribution in [3.05, 3.63) is 32.6 Å². The molecule has 1 aliphatic heterocycles. The largest absolute Gasteiger partial charge is 0.497 e. The van der Waals surface area contributed by atoms with Crippen LogP contribution in [0.15, 0.2) is 23.2 Å². The Morgan fingerprint density at radius 1 is 1.45 bits per heavy atom. The van der Waals surface area contributed by atoms with Crippen LogP contribution in [0.2, 0.25) is 0 Å². The lowest BCUT2D eigenvalue weighted by molar-refractivity contribution is 0.415. The zero-order valence-corrected chi connectivity index (χ0v) is 12.6. The molecule has 0 amide bonds. The highest BCUT2D eigenvalue weighted by Crippen LogP contribution is 2.37. The van der Waals surface area contributed by atoms with Crippen LogP contribution in [0.25, 0.3) is 11.6 Å². The zero-order valence-electron chi connectivity index (χ0n) is 11.0. The molecule has 0 radical (unpaired) electrons. The molecule has 0 aliphatic carbocycles. The van der Waals surface area contributed by atoms with Crippen LogP contribution in [0.4, 0.5) is 5.69 Å². The standard InChI is InChI=1S/C14H12N2O2S2/c1-16-13(17)12(20-14(16)19)5-8-7-15-11-6-9(18-2)3-4-10(8)11/h3-7,17H,1-2H3/b8-5+. The van der Waals surface area contributed by atoms with Gasteiger partial charge in [0.15, 0.2) is 3.95 Å². The van der Waals surface area contributed by atoms with E-state index in [9.17, 15) is 5.11 Å². The van der Waals surface area contributed by atoms with Crippen LogP contribution in [-0.4, -0.2) is 23.0 Å². The molecule has 0 saturated heterocycles. The molecule has 4 nitrogen and oxygen atoms in total. The first-order valence-electron chi connectivity index (χ1n) is 5.93. The van der Waals surface area contributed by atoms with Gasteiger partial charge in [0.25, 0.3) is 0 Å². The molecular weight excluding hydrogens is 292 g/mol. The van der Waals surface area contributed by atoms with Crippen LogP contribution >= 0.6 is 23.6 Å². The van der Waals surface area contributed by atoms with Crippen molar-refractivity contribution in [1.82, 2.24) is 4.57 Å². The van der Waals surface area contributed by atoms with Crippen molar-refractivity contribution in [2.75, 3.05) is 7.11 Å². The fraction of sp³-hybridized carbons (Fsp3) is 0.143. The fourth-order valence-corrected chi connectivity index (χ4v) is 3.19. The first kappa shape index (κ1) is 13.1. The molecule has 3 rings (SSSR count). The quantitative estimate of drug-likeness (QED) is 0.859. The van der Waals surface area contributed by atoms with Crippen molar-refractivity contribution in [3.8, 4) is 11.6 Å². The summed E-state index contributed by atoms with van der Waals surface area (Å²) >= 11 is 6.53. The number of allylic oxidation sites excluding steroid dienone is 1. The van der Waals surface area contributed by atoms with E-state index in [0.717, 1.165) is 27.5 Å². The monoisotopic (exact) mass is 304 g/mol. The van der Waals surface area contributed by atoms with E-state index in [1.807, 2.05) is 24.3 Å². The van der Waals surface area contributed by atoms with Crippen LogP contribution in [0, 0.1) is 3.95 Å². The third-order valence-electron chi connectivity index (χ3n) is 3.15. The SMILES string of the molecule is COc1ccc2c(c1)N=C/C2=C\c1sc(=S)n(C)c1O. The number of thiazole rings is 1. The summed E-state index contributed by atoms with van der Waals surface area (Å²) in [6.07, 6.45) is 3.68. The predicted octanol–water partition coefficient (Wildman–Crippen LogP) is 3.79. The summed E-state index contributed by atoms with van der Waals surface area (Å²) in [4.78, 5) is 5.10. The average Bonchev–Trinajstić information content (AvgIpc) is 2.96. The number of rotatable bonds is 2. The predicted molar refractivity (Wildman–Crippen MR) is 84.8 cm³/mol. The number of hydrogen-bond donors (Lipinski definition) is 1. The van der Waals surface area contributed by atoms with Crippen molar-refractivity contribution in [1.29, 1.82) is 0 Å². The van der Waals surface area contributed by atoms with Gasteiger partial charge in [0.1, 0.15) is 5.75 Å². The second-order valence-corrected chi connectivity index (χ2v) is 6.03. The average molecular weight is 304 g/mol. The van der Waals surface area contributed by atoms with Crippen LogP contribution < -0.4 is 4.74 Å². The van der Waals surface area contributed by atoms with Crippen molar-refractivity contribution >= 4 is 47.1 Å². The molecule has 0 unspecified atom stereocenters. The molecule has 0 bridgehead atoms. The zero-order chi connectivity index (χ0) is 14.3. The van der Waals surface area contributed by atoms with Crippen molar-refractivity contribution < 1.29 is 9.84 Å². The molecule has 1 aromatic carbocycles. The van der Waals surface area contributed by atoms with E-state index in [-0.39, 0.29) is 5.88 Å². The van der Waals surface area contributed by atoms with Crippen molar-refractivity contribution in [2.45, 2.75) is 0 Å². The van der Waals surface area contributed by atoms with E-state index >= 15 is 0 Å². The van der Waals surface area contributed by atoms with Gasteiger partial charge >= 0.3 is 0 Å². The van der Waals surface area contributed by atoms with Crippen LogP contribution in [0.1, 0.15) is 10.4 Å². The van der Waals surface area contributed by atoms with E-state index < -0.39 is 0 Å². The molecule has 1 N–H and O–H groups in total. The lowest BCUT2D eigenvalue weighted by Crippen LogP contribution is -1.86. The maximum Gasteiger partial charge on any atom is 0.210 e. The molecule has 0 atom stereocenters. The minimum atomic E-state index is 0.183. The number of aromatic nitrogens is 1. The van der Waals surface area contributed by atoms with Gasteiger partial charge in [-0.25, -0.2) is 0 Å². The van der Waals surface area contributed by atoms with Crippen LogP contribution in [-0.2, 0) is 7.05 Å². The molecule has 0 saturated carbocycles. The summed E-state index contributed by atoms with van der Waals surface area (Å²) in [6.45, 7) is 0. The molecule has 0 fully saturated rings. The van der Waals surface area contributed by atoms with E-state index in [1.54, 1.807) is 24.9 Å². The van der Waals surface area contributed by atoms with E-state index in [0.29, 0.717) is 3.95 Å². The molecular formula is C14H12N2O2S2. The van der Waals surface area contributed by atoms with Gasteiger partial charge in [0.05, 0.1) is 17.7 Å². The van der Waals surface area contributed by atoms with E-state index in [4.69, 9.17) is 17.0 Å². The summed E-state index contributed by atoms with van der Waals surface area (Å²) < 4.78 is 7.41. The number of methoxy groups -OCH3 is 1. The van der Waals surface area contributed by atoms with Crippen LogP contribution in [0.5, 0.6) is 11.6 Å². The molecule has 0 spiro atoms. The number of ether oxygens (including phenoxy) is 1. The number of aromatic hydroxyl groups is 1. The molecule has 20 heavy (non-hydrogen) atoms. The highest BCUT2D eigenvalue weighted by atomic mass is 32.1. The van der Waals surface area contributed by atoms with E-state index in [2.05, 4.69) is 4.99 Å². The van der Waals surface area contributed by atoms with Gasteiger partial charge in [-0.05, 0) is 30.4 Å². The number of nitrogens with zero attached hydrogens (tertiary/aromatic N) is 2. The highest BCUT2D eigenvalue weighted by molar-refractivity contribution is 7.73. The van der Waals surface area contributed by atoms with Gasteiger partial charge < -0.3 is 9.84 Å². The first-order valence-corrected chi connectivity index (χ1v) is 7.15. The lowest BCUT2D eigenvalue weighted by atomic mass is 10.1. The topological polar surface area (TPSA) is 46.8 Å². The fourth-order valence-electron chi connectivity index (χ4n) is 2.01. The Morgan fingerprint density at radius 3 is 2.90 bits per heavy atom. The van der Waals surface area contributed by atoms with E-state index in [1.165, 1.54) is 11.3 Å². The number of fused-ring (bicyclic) bond motifs is 1. The third-order valence-corrected chi connectivity index (χ3v) is 4.65. The van der Waals surface area contributed by atoms with Gasteiger partial charge in [-0.15, -0.1) is 11.3 Å². The Balaban J connectivity index is 2.07. The number of hydrogen-bond acceptors (Lipinski definition) is 5. The molecule has 1 aliphatic rings. The summed E-state index contributed by atoms with van der Waals surface area (Å²) in [5.41, 5.74) is 2.84. The molecule has 6 heteroatoms. The molecule has 2 aromatic rings. The lowest BCUT2D eigenvalue weighted by Gasteiger charge is -2.03. The Labute approximate surface area is 125 Å². The van der Waals surface area contributed by atoms with Gasteiger partial charge in [-0.1, -0.05) is 0 Å². The number of aliphatic imine (C=N–C) groups is 1. The first-order chi connectivity index (χ1) is 9.60. The van der Waals surface area contributed by atoms with Gasteiger partial charge in [0, 0.05) is 30.5 Å². The summed E-state index contributed by atoms with van der Waals surface area (Å²) in [5, 5.41) is 10.0. The molecule has 102 valence electrons. The minimum Gasteiger partial charge on any atom is -0.497 e. The van der Waals surface area contributed by atoms with Crippen molar-refractivity contribution in [2.24, 2.45) is 12.0 Å². The Kier molecular flexibility index (Phi) is 3.19. The second kappa shape index (κ2) is 4.88. The summed E-state index contributed by atoms with van der Waals surface area (Å²) in [7, 11) is 3.38. The van der Waals surface area contributed by atoms with Gasteiger partial charge in [-0.2, -0.15) is 0 Å². The Morgan fingerprint density at radius 2 is 2.25 bits per heavy atom. The molecule has 1 aromatic heterocycles. The highest BCUT2D eigenvalue weighted by Gasteiger charge is 2.15. The Hall–Kier alpha value is -1.92. The minimum absolute atomic E-state index is 0.183. The maximum absolute atomic E-state index is 10.0. The second-order valence-electron chi connectivity index (χ2n) is 4.36. The maximum atomic E-state index is 10.0. The van der Waals surface area contributed by atoms with Gasteiger partial charge in [0.2, 0.25) is 5.88 Å². The Bertz CT molecular complexity index is 800. The smallest absolute Gasteiger partial charge is 0.210 e. The third kappa shape index (κ3) is 2.07. The van der Waals surface area contributed by atoms with Crippen molar-refractivity contribution in [3.63, 3.8) is 0 Å². The summed E-state index contributed by atoms with van der Waals surface area (Å²) in [5.74, 6) is 0.961.